The Balaban J connectivity index is 2.12. The third-order valence-corrected chi connectivity index (χ3v) is 3.92. The molecule has 1 fully saturated rings. The molecule has 0 aromatic carbocycles. The van der Waals surface area contributed by atoms with Crippen molar-refractivity contribution in [3.05, 3.63) is 23.9 Å². The van der Waals surface area contributed by atoms with E-state index in [0.29, 0.717) is 12.0 Å². The van der Waals surface area contributed by atoms with Gasteiger partial charge in [0.05, 0.1) is 6.10 Å². The van der Waals surface area contributed by atoms with E-state index in [2.05, 4.69) is 35.1 Å². The molecule has 1 aromatic rings. The molecule has 1 aliphatic rings. The van der Waals surface area contributed by atoms with E-state index in [4.69, 9.17) is 4.74 Å². The van der Waals surface area contributed by atoms with Crippen molar-refractivity contribution in [2.24, 2.45) is 5.92 Å². The minimum absolute atomic E-state index is 0.308. The highest BCUT2D eigenvalue weighted by molar-refractivity contribution is 5.47. The number of aromatic nitrogens is 1. The van der Waals surface area contributed by atoms with Crippen LogP contribution in [0.1, 0.15) is 25.8 Å². The first kappa shape index (κ1) is 14.3. The summed E-state index contributed by atoms with van der Waals surface area (Å²) in [5.41, 5.74) is 1.27. The van der Waals surface area contributed by atoms with Crippen LogP contribution in [0.5, 0.6) is 0 Å². The molecule has 1 aromatic heterocycles. The third-order valence-electron chi connectivity index (χ3n) is 3.92. The number of hydrogen-bond acceptors (Lipinski definition) is 4. The number of methoxy groups -OCH3 is 1. The number of piperidine rings is 1. The zero-order valence-electron chi connectivity index (χ0n) is 12.2. The van der Waals surface area contributed by atoms with Gasteiger partial charge in [0, 0.05) is 38.5 Å². The first-order valence-corrected chi connectivity index (χ1v) is 7.18. The van der Waals surface area contributed by atoms with Gasteiger partial charge < -0.3 is 15.0 Å². The van der Waals surface area contributed by atoms with Gasteiger partial charge in [-0.15, -0.1) is 0 Å². The summed E-state index contributed by atoms with van der Waals surface area (Å²) in [4.78, 5) is 6.94. The van der Waals surface area contributed by atoms with E-state index in [9.17, 15) is 0 Å². The van der Waals surface area contributed by atoms with E-state index >= 15 is 0 Å². The average Bonchev–Trinajstić information content (AvgIpc) is 2.46. The molecule has 2 atom stereocenters. The molecule has 106 valence electrons. The Kier molecular flexibility index (Phi) is 5.16. The van der Waals surface area contributed by atoms with Gasteiger partial charge in [-0.25, -0.2) is 4.98 Å². The Morgan fingerprint density at radius 2 is 2.37 bits per heavy atom. The van der Waals surface area contributed by atoms with Crippen molar-refractivity contribution in [2.45, 2.75) is 32.9 Å². The Labute approximate surface area is 116 Å². The van der Waals surface area contributed by atoms with Crippen LogP contribution in [0.3, 0.4) is 0 Å². The first-order chi connectivity index (χ1) is 9.26. The fourth-order valence-corrected chi connectivity index (χ4v) is 2.65. The first-order valence-electron chi connectivity index (χ1n) is 7.18. The summed E-state index contributed by atoms with van der Waals surface area (Å²) in [6.45, 7) is 8.25. The molecule has 0 spiro atoms. The van der Waals surface area contributed by atoms with Gasteiger partial charge in [0.25, 0.3) is 0 Å². The van der Waals surface area contributed by atoms with Crippen LogP contribution in [0.25, 0.3) is 0 Å². The molecule has 0 bridgehead atoms. The zero-order chi connectivity index (χ0) is 13.7. The molecule has 19 heavy (non-hydrogen) atoms. The highest BCUT2D eigenvalue weighted by Gasteiger charge is 2.27. The number of anilines is 1. The minimum Gasteiger partial charge on any atom is -0.379 e. The molecule has 1 aliphatic heterocycles. The van der Waals surface area contributed by atoms with Gasteiger partial charge >= 0.3 is 0 Å². The lowest BCUT2D eigenvalue weighted by Gasteiger charge is -2.37. The lowest BCUT2D eigenvalue weighted by molar-refractivity contribution is 0.0496. The van der Waals surface area contributed by atoms with E-state index in [1.54, 1.807) is 0 Å². The van der Waals surface area contributed by atoms with Crippen LogP contribution < -0.4 is 10.2 Å². The van der Waals surface area contributed by atoms with Gasteiger partial charge in [0.1, 0.15) is 5.82 Å². The SMILES string of the molecule is CCNCc1cccnc1N1CCC(C)C(OC)C1. The summed E-state index contributed by atoms with van der Waals surface area (Å²) in [5.74, 6) is 1.74. The molecule has 0 radical (unpaired) electrons. The second-order valence-electron chi connectivity index (χ2n) is 5.25. The van der Waals surface area contributed by atoms with E-state index in [-0.39, 0.29) is 0 Å². The summed E-state index contributed by atoms with van der Waals surface area (Å²) in [7, 11) is 1.81. The van der Waals surface area contributed by atoms with E-state index in [0.717, 1.165) is 38.4 Å². The maximum absolute atomic E-state index is 5.59. The normalized spacial score (nSPS) is 23.6. The second kappa shape index (κ2) is 6.87. The lowest BCUT2D eigenvalue weighted by Crippen LogP contribution is -2.44. The largest absolute Gasteiger partial charge is 0.379 e. The Morgan fingerprint density at radius 1 is 1.53 bits per heavy atom. The molecule has 1 N–H and O–H groups in total. The molecular formula is C15H25N3O. The molecular weight excluding hydrogens is 238 g/mol. The molecule has 0 aliphatic carbocycles. The molecule has 2 heterocycles. The molecule has 4 nitrogen and oxygen atoms in total. The lowest BCUT2D eigenvalue weighted by atomic mass is 9.95. The summed E-state index contributed by atoms with van der Waals surface area (Å²) < 4.78 is 5.59. The second-order valence-corrected chi connectivity index (χ2v) is 5.25. The van der Waals surface area contributed by atoms with Gasteiger partial charge in [-0.05, 0) is 24.9 Å². The molecule has 4 heteroatoms. The van der Waals surface area contributed by atoms with Crippen LogP contribution in [0.2, 0.25) is 0 Å². The summed E-state index contributed by atoms with van der Waals surface area (Å²) in [6, 6.07) is 4.17. The maximum atomic E-state index is 5.59. The zero-order valence-corrected chi connectivity index (χ0v) is 12.2. The molecule has 0 amide bonds. The van der Waals surface area contributed by atoms with Crippen molar-refractivity contribution in [3.8, 4) is 0 Å². The smallest absolute Gasteiger partial charge is 0.133 e. The Hall–Kier alpha value is -1.13. The van der Waals surface area contributed by atoms with Crippen molar-refractivity contribution < 1.29 is 4.74 Å². The van der Waals surface area contributed by atoms with Crippen molar-refractivity contribution in [1.29, 1.82) is 0 Å². The van der Waals surface area contributed by atoms with Gasteiger partial charge in [0.2, 0.25) is 0 Å². The number of rotatable bonds is 5. The van der Waals surface area contributed by atoms with Gasteiger partial charge in [-0.3, -0.25) is 0 Å². The highest BCUT2D eigenvalue weighted by atomic mass is 16.5. The molecule has 2 unspecified atom stereocenters. The monoisotopic (exact) mass is 263 g/mol. The van der Waals surface area contributed by atoms with Crippen molar-refractivity contribution in [2.75, 3.05) is 31.6 Å². The number of hydrogen-bond donors (Lipinski definition) is 1. The van der Waals surface area contributed by atoms with E-state index in [1.807, 2.05) is 19.4 Å². The minimum atomic E-state index is 0.308. The average molecular weight is 263 g/mol. The van der Waals surface area contributed by atoms with Crippen LogP contribution >= 0.6 is 0 Å². The Morgan fingerprint density at radius 3 is 3.11 bits per heavy atom. The van der Waals surface area contributed by atoms with E-state index in [1.165, 1.54) is 5.56 Å². The topological polar surface area (TPSA) is 37.4 Å². The van der Waals surface area contributed by atoms with Crippen LogP contribution in [-0.2, 0) is 11.3 Å². The number of nitrogens with one attached hydrogen (secondary N) is 1. The predicted octanol–water partition coefficient (Wildman–Crippen LogP) is 2.05. The fourth-order valence-electron chi connectivity index (χ4n) is 2.65. The van der Waals surface area contributed by atoms with Crippen LogP contribution in [0, 0.1) is 5.92 Å². The van der Waals surface area contributed by atoms with Crippen LogP contribution in [-0.4, -0.2) is 37.8 Å². The predicted molar refractivity (Wildman–Crippen MR) is 78.4 cm³/mol. The summed E-state index contributed by atoms with van der Waals surface area (Å²) >= 11 is 0. The van der Waals surface area contributed by atoms with Crippen LogP contribution in [0.4, 0.5) is 5.82 Å². The van der Waals surface area contributed by atoms with Gasteiger partial charge in [-0.2, -0.15) is 0 Å². The summed E-state index contributed by atoms with van der Waals surface area (Å²) in [5, 5.41) is 3.38. The Bertz CT molecular complexity index is 397. The fraction of sp³-hybridized carbons (Fsp3) is 0.667. The highest BCUT2D eigenvalue weighted by Crippen LogP contribution is 2.25. The number of nitrogens with zero attached hydrogens (tertiary/aromatic N) is 2. The van der Waals surface area contributed by atoms with Crippen LogP contribution in [0.15, 0.2) is 18.3 Å². The third kappa shape index (κ3) is 3.45. The van der Waals surface area contributed by atoms with E-state index < -0.39 is 0 Å². The molecule has 2 rings (SSSR count). The van der Waals surface area contributed by atoms with Gasteiger partial charge in [0.15, 0.2) is 0 Å². The van der Waals surface area contributed by atoms with Crippen molar-refractivity contribution >= 4 is 5.82 Å². The van der Waals surface area contributed by atoms with Gasteiger partial charge in [-0.1, -0.05) is 19.9 Å². The summed E-state index contributed by atoms with van der Waals surface area (Å²) in [6.07, 6.45) is 3.35. The molecule has 0 saturated carbocycles. The van der Waals surface area contributed by atoms with Crippen molar-refractivity contribution in [3.63, 3.8) is 0 Å². The maximum Gasteiger partial charge on any atom is 0.133 e. The number of pyridine rings is 1. The molecule has 1 saturated heterocycles. The standard InChI is InChI=1S/C15H25N3O/c1-4-16-10-13-6-5-8-17-15(13)18-9-7-12(2)14(11-18)19-3/h5-6,8,12,14,16H,4,7,9-11H2,1-3H3. The van der Waals surface area contributed by atoms with Crippen molar-refractivity contribution in [1.82, 2.24) is 10.3 Å². The number of ether oxygens (including phenoxy) is 1. The quantitative estimate of drug-likeness (QED) is 0.882.